The van der Waals surface area contributed by atoms with Gasteiger partial charge in [0.25, 0.3) is 5.91 Å². The van der Waals surface area contributed by atoms with Gasteiger partial charge in [0.05, 0.1) is 11.8 Å². The summed E-state index contributed by atoms with van der Waals surface area (Å²) >= 11 is 0. The quantitative estimate of drug-likeness (QED) is 0.852. The van der Waals surface area contributed by atoms with Crippen molar-refractivity contribution in [1.29, 1.82) is 0 Å². The first-order valence-corrected chi connectivity index (χ1v) is 6.04. The summed E-state index contributed by atoms with van der Waals surface area (Å²) in [5.74, 6) is 0.442. The number of aliphatic hydroxyl groups is 1. The van der Waals surface area contributed by atoms with E-state index < -0.39 is 5.60 Å². The third kappa shape index (κ3) is 3.03. The number of carbonyl (C=O) groups is 1. The van der Waals surface area contributed by atoms with E-state index >= 15 is 0 Å². The molecule has 6 heteroatoms. The molecule has 2 N–H and O–H groups in total. The summed E-state index contributed by atoms with van der Waals surface area (Å²) in [5, 5.41) is 16.4. The van der Waals surface area contributed by atoms with Crippen LogP contribution in [-0.4, -0.2) is 37.5 Å². The first-order valence-electron chi connectivity index (χ1n) is 6.04. The lowest BCUT2D eigenvalue weighted by molar-refractivity contribution is 0.0694. The number of hydrogen-bond acceptors (Lipinski definition) is 3. The molecule has 0 aliphatic rings. The van der Waals surface area contributed by atoms with Gasteiger partial charge in [0.15, 0.2) is 0 Å². The molecule has 0 bridgehead atoms. The van der Waals surface area contributed by atoms with Crippen LogP contribution in [-0.2, 0) is 7.05 Å². The number of rotatable bonds is 4. The highest BCUT2D eigenvalue weighted by molar-refractivity contribution is 5.97. The zero-order valence-corrected chi connectivity index (χ0v) is 11.3. The molecule has 0 saturated heterocycles. The summed E-state index contributed by atoms with van der Waals surface area (Å²) in [6.45, 7) is 3.47. The fourth-order valence-corrected chi connectivity index (χ4v) is 1.76. The van der Waals surface area contributed by atoms with Gasteiger partial charge in [0.1, 0.15) is 11.4 Å². The molecule has 2 heterocycles. The molecule has 19 heavy (non-hydrogen) atoms. The van der Waals surface area contributed by atoms with Crippen LogP contribution in [0.2, 0.25) is 0 Å². The van der Waals surface area contributed by atoms with E-state index in [9.17, 15) is 9.90 Å². The number of aromatic nitrogens is 3. The molecule has 1 amide bonds. The van der Waals surface area contributed by atoms with Gasteiger partial charge in [-0.15, -0.1) is 0 Å². The third-order valence-corrected chi connectivity index (χ3v) is 2.68. The van der Waals surface area contributed by atoms with Gasteiger partial charge in [0.2, 0.25) is 0 Å². The number of hydrogen-bond donors (Lipinski definition) is 2. The van der Waals surface area contributed by atoms with Crippen molar-refractivity contribution in [3.8, 4) is 5.82 Å². The molecule has 0 fully saturated rings. The highest BCUT2D eigenvalue weighted by atomic mass is 16.3. The van der Waals surface area contributed by atoms with E-state index in [2.05, 4.69) is 10.4 Å². The molecule has 2 aromatic heterocycles. The van der Waals surface area contributed by atoms with Gasteiger partial charge in [-0.25, -0.2) is 0 Å². The summed E-state index contributed by atoms with van der Waals surface area (Å²) < 4.78 is 3.46. The molecule has 0 radical (unpaired) electrons. The van der Waals surface area contributed by atoms with Crippen LogP contribution < -0.4 is 5.32 Å². The Kier molecular flexibility index (Phi) is 3.44. The molecule has 0 saturated carbocycles. The van der Waals surface area contributed by atoms with Crippen LogP contribution in [0.25, 0.3) is 5.82 Å². The second-order valence-corrected chi connectivity index (χ2v) is 5.09. The highest BCUT2D eigenvalue weighted by Crippen LogP contribution is 2.14. The molecule has 102 valence electrons. The summed E-state index contributed by atoms with van der Waals surface area (Å²) in [6.07, 6.45) is 5.22. The normalized spacial score (nSPS) is 11.6. The number of carbonyl (C=O) groups excluding carboxylic acids is 1. The van der Waals surface area contributed by atoms with Crippen LogP contribution in [0.5, 0.6) is 0 Å². The maximum atomic E-state index is 12.1. The summed E-state index contributed by atoms with van der Waals surface area (Å²) in [6, 6.07) is 3.76. The lowest BCUT2D eigenvalue weighted by Crippen LogP contribution is -2.38. The van der Waals surface area contributed by atoms with Crippen molar-refractivity contribution >= 4 is 5.91 Å². The Hall–Kier alpha value is -2.08. The Morgan fingerprint density at radius 3 is 2.63 bits per heavy atom. The first-order chi connectivity index (χ1) is 8.88. The van der Waals surface area contributed by atoms with Gasteiger partial charge in [-0.3, -0.25) is 9.48 Å². The molecule has 0 spiro atoms. The van der Waals surface area contributed by atoms with Crippen molar-refractivity contribution in [1.82, 2.24) is 19.7 Å². The zero-order chi connectivity index (χ0) is 14.0. The minimum absolute atomic E-state index is 0.186. The average Bonchev–Trinajstić information content (AvgIpc) is 2.93. The fourth-order valence-electron chi connectivity index (χ4n) is 1.76. The predicted octanol–water partition coefficient (Wildman–Crippen LogP) is 0.711. The van der Waals surface area contributed by atoms with Crippen LogP contribution in [0.3, 0.4) is 0 Å². The van der Waals surface area contributed by atoms with E-state index in [1.807, 2.05) is 29.1 Å². The SMILES string of the molecule is Cn1ncc(C(=O)NCC(C)(C)O)c1-n1cccc1. The standard InChI is InChI=1S/C13H18N4O2/c1-13(2,19)9-14-11(18)10-8-15-16(3)12(10)17-6-4-5-7-17/h4-8,19H,9H2,1-3H3,(H,14,18). The Bertz CT molecular complexity index is 564. The Balaban J connectivity index is 2.24. The Morgan fingerprint density at radius 2 is 2.05 bits per heavy atom. The van der Waals surface area contributed by atoms with E-state index in [-0.39, 0.29) is 12.5 Å². The molecule has 0 aliphatic carbocycles. The van der Waals surface area contributed by atoms with Crippen molar-refractivity contribution in [2.75, 3.05) is 6.54 Å². The third-order valence-electron chi connectivity index (χ3n) is 2.68. The topological polar surface area (TPSA) is 72.1 Å². The Labute approximate surface area is 111 Å². The molecule has 2 aromatic rings. The van der Waals surface area contributed by atoms with Crippen LogP contribution in [0.4, 0.5) is 0 Å². The van der Waals surface area contributed by atoms with Gasteiger partial charge < -0.3 is 15.0 Å². The zero-order valence-electron chi connectivity index (χ0n) is 11.3. The van der Waals surface area contributed by atoms with Gasteiger partial charge in [-0.05, 0) is 26.0 Å². The lowest BCUT2D eigenvalue weighted by Gasteiger charge is -2.17. The van der Waals surface area contributed by atoms with Gasteiger partial charge in [0, 0.05) is 26.0 Å². The van der Waals surface area contributed by atoms with Gasteiger partial charge in [-0.1, -0.05) is 0 Å². The van der Waals surface area contributed by atoms with Crippen molar-refractivity contribution in [2.45, 2.75) is 19.4 Å². The van der Waals surface area contributed by atoms with Crippen LogP contribution in [0.15, 0.2) is 30.7 Å². The van der Waals surface area contributed by atoms with E-state index in [0.717, 1.165) is 0 Å². The second-order valence-electron chi connectivity index (χ2n) is 5.09. The fraction of sp³-hybridized carbons (Fsp3) is 0.385. The number of nitrogens with one attached hydrogen (secondary N) is 1. The minimum atomic E-state index is -0.939. The first kappa shape index (κ1) is 13.4. The van der Waals surface area contributed by atoms with Gasteiger partial charge >= 0.3 is 0 Å². The molecular weight excluding hydrogens is 244 g/mol. The van der Waals surface area contributed by atoms with E-state index in [0.29, 0.717) is 11.4 Å². The average molecular weight is 262 g/mol. The number of nitrogens with zero attached hydrogens (tertiary/aromatic N) is 3. The summed E-state index contributed by atoms with van der Waals surface area (Å²) in [4.78, 5) is 12.1. The minimum Gasteiger partial charge on any atom is -0.389 e. The Morgan fingerprint density at radius 1 is 1.42 bits per heavy atom. The van der Waals surface area contributed by atoms with E-state index in [4.69, 9.17) is 0 Å². The van der Waals surface area contributed by atoms with Crippen molar-refractivity contribution in [3.63, 3.8) is 0 Å². The highest BCUT2D eigenvalue weighted by Gasteiger charge is 2.20. The molecule has 0 unspecified atom stereocenters. The maximum Gasteiger partial charge on any atom is 0.256 e. The second kappa shape index (κ2) is 4.89. The molecule has 6 nitrogen and oxygen atoms in total. The molecule has 2 rings (SSSR count). The maximum absolute atomic E-state index is 12.1. The monoisotopic (exact) mass is 262 g/mol. The summed E-state index contributed by atoms with van der Waals surface area (Å²) in [5.41, 5.74) is -0.464. The van der Waals surface area contributed by atoms with E-state index in [1.165, 1.54) is 6.20 Å². The molecule has 0 aromatic carbocycles. The van der Waals surface area contributed by atoms with Crippen molar-refractivity contribution in [3.05, 3.63) is 36.3 Å². The lowest BCUT2D eigenvalue weighted by atomic mass is 10.1. The predicted molar refractivity (Wildman–Crippen MR) is 71.2 cm³/mol. The van der Waals surface area contributed by atoms with Crippen LogP contribution in [0, 0.1) is 0 Å². The van der Waals surface area contributed by atoms with Crippen LogP contribution in [0.1, 0.15) is 24.2 Å². The number of aryl methyl sites for hydroxylation is 1. The van der Waals surface area contributed by atoms with Crippen LogP contribution >= 0.6 is 0 Å². The molecule has 0 aliphatic heterocycles. The smallest absolute Gasteiger partial charge is 0.256 e. The molecular formula is C13H18N4O2. The van der Waals surface area contributed by atoms with Crippen molar-refractivity contribution < 1.29 is 9.90 Å². The number of amides is 1. The molecule has 0 atom stereocenters. The summed E-state index contributed by atoms with van der Waals surface area (Å²) in [7, 11) is 1.78. The van der Waals surface area contributed by atoms with Crippen molar-refractivity contribution in [2.24, 2.45) is 7.05 Å². The van der Waals surface area contributed by atoms with E-state index in [1.54, 1.807) is 25.6 Å². The largest absolute Gasteiger partial charge is 0.389 e. The van der Waals surface area contributed by atoms with Gasteiger partial charge in [-0.2, -0.15) is 5.10 Å².